The molecule has 136 valence electrons. The van der Waals surface area contributed by atoms with Gasteiger partial charge in [0.15, 0.2) is 0 Å². The summed E-state index contributed by atoms with van der Waals surface area (Å²) in [5.74, 6) is -0.597. The van der Waals surface area contributed by atoms with Crippen molar-refractivity contribution in [2.45, 2.75) is 52.7 Å². The fourth-order valence-corrected chi connectivity index (χ4v) is 3.68. The zero-order valence-corrected chi connectivity index (χ0v) is 15.7. The van der Waals surface area contributed by atoms with Crippen LogP contribution in [0.4, 0.5) is 0 Å². The summed E-state index contributed by atoms with van der Waals surface area (Å²) in [6.45, 7) is 6.92. The molecular formula is C22H24O4. The lowest BCUT2D eigenvalue weighted by Gasteiger charge is -2.29. The van der Waals surface area contributed by atoms with Crippen LogP contribution in [0.3, 0.4) is 0 Å². The van der Waals surface area contributed by atoms with Crippen molar-refractivity contribution in [3.63, 3.8) is 0 Å². The molecule has 2 atom stereocenters. The number of hydrogen-bond acceptors (Lipinski definition) is 4. The highest BCUT2D eigenvalue weighted by atomic mass is 16.5. The van der Waals surface area contributed by atoms with Gasteiger partial charge in [-0.25, -0.2) is 0 Å². The van der Waals surface area contributed by atoms with Crippen molar-refractivity contribution in [1.82, 2.24) is 0 Å². The van der Waals surface area contributed by atoms with Gasteiger partial charge in [-0.05, 0) is 36.1 Å². The maximum Gasteiger partial charge on any atom is 0.303 e. The number of esters is 2. The molecule has 0 spiro atoms. The predicted molar refractivity (Wildman–Crippen MR) is 98.8 cm³/mol. The molecule has 0 saturated carbocycles. The lowest BCUT2D eigenvalue weighted by atomic mass is 9.84. The Labute approximate surface area is 154 Å². The summed E-state index contributed by atoms with van der Waals surface area (Å²) in [6.07, 6.45) is 0.429. The van der Waals surface area contributed by atoms with Crippen LogP contribution >= 0.6 is 0 Å². The summed E-state index contributed by atoms with van der Waals surface area (Å²) >= 11 is 0. The van der Waals surface area contributed by atoms with E-state index < -0.39 is 0 Å². The monoisotopic (exact) mass is 352 g/mol. The van der Waals surface area contributed by atoms with E-state index in [1.807, 2.05) is 38.1 Å². The van der Waals surface area contributed by atoms with Crippen molar-refractivity contribution in [3.8, 4) is 0 Å². The Bertz CT molecular complexity index is 782. The average Bonchev–Trinajstić information content (AvgIpc) is 2.52. The lowest BCUT2D eigenvalue weighted by molar-refractivity contribution is -0.146. The molecule has 0 aromatic heterocycles. The van der Waals surface area contributed by atoms with Crippen molar-refractivity contribution >= 4 is 11.9 Å². The molecule has 4 heteroatoms. The summed E-state index contributed by atoms with van der Waals surface area (Å²) in [4.78, 5) is 23.4. The standard InChI is InChI=1S/C22H24O4/c1-13-5-7-19-17(9-13)11-21(25-15(3)23)20-8-6-14(2)10-18(20)12-22(19)26-16(4)24/h5-10,21-22H,11-12H2,1-4H3/t21-,22-/m1/s1. The van der Waals surface area contributed by atoms with Gasteiger partial charge in [-0.15, -0.1) is 0 Å². The highest BCUT2D eigenvalue weighted by Crippen LogP contribution is 2.37. The lowest BCUT2D eigenvalue weighted by Crippen LogP contribution is -2.21. The quantitative estimate of drug-likeness (QED) is 0.756. The molecule has 0 fully saturated rings. The molecule has 0 radical (unpaired) electrons. The number of benzene rings is 2. The van der Waals surface area contributed by atoms with Gasteiger partial charge in [0, 0.05) is 26.7 Å². The number of ether oxygens (including phenoxy) is 2. The maximum absolute atomic E-state index is 11.7. The summed E-state index contributed by atoms with van der Waals surface area (Å²) in [5.41, 5.74) is 6.31. The number of fused-ring (bicyclic) bond motifs is 2. The SMILES string of the molecule is CC(=O)O[C@@H]1Cc2cc(C)ccc2[C@H](OC(C)=O)Cc2cc(C)ccc21. The van der Waals surface area contributed by atoms with E-state index >= 15 is 0 Å². The largest absolute Gasteiger partial charge is 0.457 e. The van der Waals surface area contributed by atoms with Crippen LogP contribution in [0.15, 0.2) is 36.4 Å². The molecule has 0 unspecified atom stereocenters. The van der Waals surface area contributed by atoms with E-state index in [0.29, 0.717) is 12.8 Å². The Morgan fingerprint density at radius 1 is 0.769 bits per heavy atom. The van der Waals surface area contributed by atoms with Gasteiger partial charge in [0.2, 0.25) is 0 Å². The Hall–Kier alpha value is -2.62. The van der Waals surface area contributed by atoms with Crippen LogP contribution in [0.2, 0.25) is 0 Å². The Morgan fingerprint density at radius 2 is 1.15 bits per heavy atom. The van der Waals surface area contributed by atoms with E-state index in [0.717, 1.165) is 33.4 Å². The number of carbonyl (C=O) groups is 2. The normalized spacial score (nSPS) is 18.8. The van der Waals surface area contributed by atoms with E-state index in [-0.39, 0.29) is 24.1 Å². The maximum atomic E-state index is 11.7. The van der Waals surface area contributed by atoms with Gasteiger partial charge in [-0.1, -0.05) is 47.5 Å². The van der Waals surface area contributed by atoms with E-state index in [9.17, 15) is 9.59 Å². The molecule has 2 aromatic carbocycles. The molecule has 4 nitrogen and oxygen atoms in total. The Kier molecular flexibility index (Phi) is 5.12. The van der Waals surface area contributed by atoms with Crippen LogP contribution in [0.1, 0.15) is 59.4 Å². The first-order chi connectivity index (χ1) is 12.3. The van der Waals surface area contributed by atoms with Crippen LogP contribution in [0.25, 0.3) is 0 Å². The van der Waals surface area contributed by atoms with E-state index in [1.54, 1.807) is 0 Å². The summed E-state index contributed by atoms with van der Waals surface area (Å²) < 4.78 is 11.3. The number of carbonyl (C=O) groups excluding carboxylic acids is 2. The third-order valence-corrected chi connectivity index (χ3v) is 4.72. The molecular weight excluding hydrogens is 328 g/mol. The number of hydrogen-bond donors (Lipinski definition) is 0. The molecule has 0 heterocycles. The first-order valence-electron chi connectivity index (χ1n) is 8.86. The highest BCUT2D eigenvalue weighted by molar-refractivity contribution is 5.67. The van der Waals surface area contributed by atoms with Crippen molar-refractivity contribution in [2.24, 2.45) is 0 Å². The molecule has 26 heavy (non-hydrogen) atoms. The minimum absolute atomic E-state index is 0.298. The van der Waals surface area contributed by atoms with Crippen LogP contribution in [-0.4, -0.2) is 11.9 Å². The minimum atomic E-state index is -0.345. The summed E-state index contributed by atoms with van der Waals surface area (Å²) in [7, 11) is 0. The molecule has 0 bridgehead atoms. The average molecular weight is 352 g/mol. The molecule has 1 aliphatic rings. The smallest absolute Gasteiger partial charge is 0.303 e. The molecule has 3 rings (SSSR count). The highest BCUT2D eigenvalue weighted by Gasteiger charge is 2.29. The van der Waals surface area contributed by atoms with Gasteiger partial charge in [-0.3, -0.25) is 9.59 Å². The van der Waals surface area contributed by atoms with Crippen LogP contribution < -0.4 is 0 Å². The molecule has 0 N–H and O–H groups in total. The zero-order valence-electron chi connectivity index (χ0n) is 15.7. The fraction of sp³-hybridized carbons (Fsp3) is 0.364. The first-order valence-corrected chi connectivity index (χ1v) is 8.86. The Balaban J connectivity index is 2.14. The topological polar surface area (TPSA) is 52.6 Å². The number of aryl methyl sites for hydroxylation is 2. The van der Waals surface area contributed by atoms with Crippen LogP contribution in [0.5, 0.6) is 0 Å². The summed E-state index contributed by atoms with van der Waals surface area (Å²) in [5, 5.41) is 0. The van der Waals surface area contributed by atoms with Gasteiger partial charge >= 0.3 is 11.9 Å². The second kappa shape index (κ2) is 7.32. The molecule has 0 aliphatic heterocycles. The van der Waals surface area contributed by atoms with Gasteiger partial charge in [0.1, 0.15) is 12.2 Å². The second-order valence-electron chi connectivity index (χ2n) is 7.01. The van der Waals surface area contributed by atoms with Gasteiger partial charge in [-0.2, -0.15) is 0 Å². The predicted octanol–water partition coefficient (Wildman–Crippen LogP) is 4.31. The van der Waals surface area contributed by atoms with Crippen LogP contribution in [-0.2, 0) is 31.9 Å². The molecule has 1 aliphatic carbocycles. The van der Waals surface area contributed by atoms with Gasteiger partial charge in [0.05, 0.1) is 0 Å². The third kappa shape index (κ3) is 3.96. The number of rotatable bonds is 2. The van der Waals surface area contributed by atoms with E-state index in [1.165, 1.54) is 13.8 Å². The van der Waals surface area contributed by atoms with Crippen molar-refractivity contribution in [3.05, 3.63) is 69.8 Å². The zero-order chi connectivity index (χ0) is 18.8. The first kappa shape index (κ1) is 18.2. The van der Waals surface area contributed by atoms with Crippen molar-refractivity contribution < 1.29 is 19.1 Å². The molecule has 0 amide bonds. The molecule has 0 saturated heterocycles. The fourth-order valence-electron chi connectivity index (χ4n) is 3.68. The van der Waals surface area contributed by atoms with Gasteiger partial charge < -0.3 is 9.47 Å². The van der Waals surface area contributed by atoms with E-state index in [2.05, 4.69) is 12.1 Å². The second-order valence-corrected chi connectivity index (χ2v) is 7.01. The summed E-state index contributed by atoms with van der Waals surface area (Å²) in [6, 6.07) is 12.3. The van der Waals surface area contributed by atoms with Crippen LogP contribution in [0, 0.1) is 13.8 Å². The van der Waals surface area contributed by atoms with Crippen molar-refractivity contribution in [1.29, 1.82) is 0 Å². The van der Waals surface area contributed by atoms with Crippen molar-refractivity contribution in [2.75, 3.05) is 0 Å². The molecule has 2 aromatic rings. The van der Waals surface area contributed by atoms with E-state index in [4.69, 9.17) is 9.47 Å². The Morgan fingerprint density at radius 3 is 1.50 bits per heavy atom. The third-order valence-electron chi connectivity index (χ3n) is 4.72. The van der Waals surface area contributed by atoms with Gasteiger partial charge in [0.25, 0.3) is 0 Å². The minimum Gasteiger partial charge on any atom is -0.457 e.